The summed E-state index contributed by atoms with van der Waals surface area (Å²) in [7, 11) is 1.64. The smallest absolute Gasteiger partial charge is 0.255 e. The van der Waals surface area contributed by atoms with Crippen LogP contribution in [-0.4, -0.2) is 76.9 Å². The zero-order valence-electron chi connectivity index (χ0n) is 15.9. The van der Waals surface area contributed by atoms with Crippen LogP contribution in [0.4, 0.5) is 0 Å². The molecule has 0 spiro atoms. The van der Waals surface area contributed by atoms with Crippen molar-refractivity contribution < 1.29 is 14.6 Å². The van der Waals surface area contributed by atoms with Crippen LogP contribution in [0.15, 0.2) is 23.1 Å². The molecule has 0 radical (unpaired) electrons. The van der Waals surface area contributed by atoms with E-state index in [4.69, 9.17) is 4.74 Å². The first-order chi connectivity index (χ1) is 12.2. The number of morpholine rings is 1. The number of rotatable bonds is 3. The van der Waals surface area contributed by atoms with Gasteiger partial charge in [-0.05, 0) is 12.5 Å². The van der Waals surface area contributed by atoms with E-state index in [0.29, 0.717) is 44.8 Å². The molecule has 1 unspecified atom stereocenters. The van der Waals surface area contributed by atoms with Crippen molar-refractivity contribution in [2.45, 2.75) is 25.9 Å². The number of pyridine rings is 1. The van der Waals surface area contributed by atoms with Crippen LogP contribution in [0.2, 0.25) is 0 Å². The molecule has 2 aliphatic rings. The summed E-state index contributed by atoms with van der Waals surface area (Å²) in [5.74, 6) is -0.0953. The van der Waals surface area contributed by atoms with Gasteiger partial charge in [-0.15, -0.1) is 0 Å². The number of aryl methyl sites for hydroxylation is 1. The van der Waals surface area contributed by atoms with Crippen molar-refractivity contribution in [3.63, 3.8) is 0 Å². The van der Waals surface area contributed by atoms with Gasteiger partial charge in [0.05, 0.1) is 24.4 Å². The van der Waals surface area contributed by atoms with Gasteiger partial charge in [-0.1, -0.05) is 13.8 Å². The average molecular weight is 363 g/mol. The molecule has 3 heterocycles. The summed E-state index contributed by atoms with van der Waals surface area (Å²) in [5, 5.41) is 11.3. The van der Waals surface area contributed by atoms with Crippen molar-refractivity contribution in [2.24, 2.45) is 12.5 Å². The molecule has 0 aromatic carbocycles. The Bertz CT molecular complexity index is 724. The molecule has 0 aliphatic carbocycles. The largest absolute Gasteiger partial charge is 0.388 e. The maximum Gasteiger partial charge on any atom is 0.255 e. The number of ether oxygens (including phenoxy) is 1. The number of hydrogen-bond acceptors (Lipinski definition) is 5. The Labute approximate surface area is 154 Å². The normalized spacial score (nSPS) is 26.7. The van der Waals surface area contributed by atoms with Crippen LogP contribution in [0.3, 0.4) is 0 Å². The fourth-order valence-corrected chi connectivity index (χ4v) is 3.86. The number of hydrogen-bond donors (Lipinski definition) is 1. The van der Waals surface area contributed by atoms with E-state index in [-0.39, 0.29) is 11.5 Å². The van der Waals surface area contributed by atoms with Gasteiger partial charge in [0.1, 0.15) is 0 Å². The first kappa shape index (κ1) is 19.1. The SMILES string of the molecule is Cn1cc(C(=O)N2CCC(O)(CN3CCOCC3)C(C)(C)C2)ccc1=O. The summed E-state index contributed by atoms with van der Waals surface area (Å²) < 4.78 is 6.80. The minimum Gasteiger partial charge on any atom is -0.388 e. The molecule has 3 rings (SSSR count). The summed E-state index contributed by atoms with van der Waals surface area (Å²) >= 11 is 0. The molecule has 1 atom stereocenters. The molecular formula is C19H29N3O4. The summed E-state index contributed by atoms with van der Waals surface area (Å²) in [6, 6.07) is 2.99. The van der Waals surface area contributed by atoms with E-state index in [2.05, 4.69) is 4.90 Å². The lowest BCUT2D eigenvalue weighted by molar-refractivity contribution is -0.133. The van der Waals surface area contributed by atoms with E-state index in [1.54, 1.807) is 24.2 Å². The number of β-amino-alcohol motifs (C(OH)–C–C–N with tert-alkyl or cyclic N) is 1. The van der Waals surface area contributed by atoms with Gasteiger partial charge in [-0.3, -0.25) is 14.5 Å². The zero-order valence-corrected chi connectivity index (χ0v) is 15.9. The second kappa shape index (κ2) is 7.13. The number of carbonyl (C=O) groups excluding carboxylic acids is 1. The van der Waals surface area contributed by atoms with Crippen molar-refractivity contribution in [2.75, 3.05) is 45.9 Å². The minimum absolute atomic E-state index is 0.0953. The average Bonchev–Trinajstić information content (AvgIpc) is 2.60. The fraction of sp³-hybridized carbons (Fsp3) is 0.684. The molecule has 1 aromatic heterocycles. The van der Waals surface area contributed by atoms with E-state index in [1.807, 2.05) is 13.8 Å². The lowest BCUT2D eigenvalue weighted by Crippen LogP contribution is -2.63. The molecule has 2 aliphatic heterocycles. The number of likely N-dealkylation sites (tertiary alicyclic amines) is 1. The van der Waals surface area contributed by atoms with Crippen LogP contribution in [0.1, 0.15) is 30.6 Å². The molecule has 7 nitrogen and oxygen atoms in total. The van der Waals surface area contributed by atoms with Crippen LogP contribution >= 0.6 is 0 Å². The van der Waals surface area contributed by atoms with Gasteiger partial charge in [0, 0.05) is 57.4 Å². The topological polar surface area (TPSA) is 75.0 Å². The maximum atomic E-state index is 12.9. The van der Waals surface area contributed by atoms with Gasteiger partial charge in [0.15, 0.2) is 0 Å². The maximum absolute atomic E-state index is 12.9. The van der Waals surface area contributed by atoms with E-state index in [9.17, 15) is 14.7 Å². The Morgan fingerprint density at radius 1 is 1.23 bits per heavy atom. The van der Waals surface area contributed by atoms with Crippen molar-refractivity contribution in [1.29, 1.82) is 0 Å². The van der Waals surface area contributed by atoms with Crippen LogP contribution in [0, 0.1) is 5.41 Å². The molecule has 144 valence electrons. The zero-order chi connectivity index (χ0) is 18.9. The highest BCUT2D eigenvalue weighted by Gasteiger charge is 2.49. The van der Waals surface area contributed by atoms with Crippen molar-refractivity contribution in [3.8, 4) is 0 Å². The van der Waals surface area contributed by atoms with Gasteiger partial charge in [0.2, 0.25) is 5.56 Å². The highest BCUT2D eigenvalue weighted by atomic mass is 16.5. The van der Waals surface area contributed by atoms with Gasteiger partial charge in [-0.2, -0.15) is 0 Å². The third-order valence-corrected chi connectivity index (χ3v) is 5.85. The summed E-state index contributed by atoms with van der Waals surface area (Å²) in [6.45, 7) is 8.70. The molecule has 2 fully saturated rings. The number of piperidine rings is 1. The molecule has 0 saturated carbocycles. The fourth-order valence-electron chi connectivity index (χ4n) is 3.86. The number of aliphatic hydroxyl groups is 1. The molecule has 7 heteroatoms. The summed E-state index contributed by atoms with van der Waals surface area (Å²) in [5.41, 5.74) is -0.910. The third-order valence-electron chi connectivity index (χ3n) is 5.85. The predicted molar refractivity (Wildman–Crippen MR) is 98.2 cm³/mol. The Balaban J connectivity index is 1.71. The molecule has 1 N–H and O–H groups in total. The molecule has 0 bridgehead atoms. The van der Waals surface area contributed by atoms with Crippen LogP contribution in [0.5, 0.6) is 0 Å². The van der Waals surface area contributed by atoms with Gasteiger partial charge >= 0.3 is 0 Å². The standard InChI is InChI=1S/C19H29N3O4/c1-18(2)13-22(17(24)15-4-5-16(23)20(3)12-15)7-6-19(18,25)14-21-8-10-26-11-9-21/h4-5,12,25H,6-11,13-14H2,1-3H3. The predicted octanol–water partition coefficient (Wildman–Crippen LogP) is 0.321. The molecule has 26 heavy (non-hydrogen) atoms. The Morgan fingerprint density at radius 2 is 1.92 bits per heavy atom. The highest BCUT2D eigenvalue weighted by molar-refractivity contribution is 5.94. The van der Waals surface area contributed by atoms with Gasteiger partial charge in [-0.25, -0.2) is 0 Å². The van der Waals surface area contributed by atoms with E-state index in [0.717, 1.165) is 13.1 Å². The van der Waals surface area contributed by atoms with Crippen molar-refractivity contribution in [1.82, 2.24) is 14.4 Å². The molecule has 2 saturated heterocycles. The second-order valence-corrected chi connectivity index (χ2v) is 8.15. The van der Waals surface area contributed by atoms with E-state index in [1.165, 1.54) is 10.6 Å². The van der Waals surface area contributed by atoms with Gasteiger partial charge < -0.3 is 19.3 Å². The summed E-state index contributed by atoms with van der Waals surface area (Å²) in [6.07, 6.45) is 2.11. The lowest BCUT2D eigenvalue weighted by Gasteiger charge is -2.52. The Kier molecular flexibility index (Phi) is 5.23. The van der Waals surface area contributed by atoms with E-state index < -0.39 is 11.0 Å². The number of nitrogens with zero attached hydrogens (tertiary/aromatic N) is 3. The van der Waals surface area contributed by atoms with Crippen molar-refractivity contribution in [3.05, 3.63) is 34.2 Å². The monoisotopic (exact) mass is 363 g/mol. The summed E-state index contributed by atoms with van der Waals surface area (Å²) in [4.78, 5) is 28.4. The molecular weight excluding hydrogens is 334 g/mol. The highest BCUT2D eigenvalue weighted by Crippen LogP contribution is 2.39. The second-order valence-electron chi connectivity index (χ2n) is 8.15. The van der Waals surface area contributed by atoms with E-state index >= 15 is 0 Å². The Hall–Kier alpha value is -1.70. The van der Waals surface area contributed by atoms with Gasteiger partial charge in [0.25, 0.3) is 5.91 Å². The Morgan fingerprint density at radius 3 is 2.54 bits per heavy atom. The van der Waals surface area contributed by atoms with Crippen LogP contribution < -0.4 is 5.56 Å². The molecule has 1 aromatic rings. The number of aromatic nitrogens is 1. The van der Waals surface area contributed by atoms with Crippen molar-refractivity contribution >= 4 is 5.91 Å². The number of amides is 1. The van der Waals surface area contributed by atoms with Crippen LogP contribution in [0.25, 0.3) is 0 Å². The first-order valence-corrected chi connectivity index (χ1v) is 9.20. The molecule has 1 amide bonds. The quantitative estimate of drug-likeness (QED) is 0.837. The first-order valence-electron chi connectivity index (χ1n) is 9.20. The van der Waals surface area contributed by atoms with Crippen LogP contribution in [-0.2, 0) is 11.8 Å². The minimum atomic E-state index is -0.843. The third kappa shape index (κ3) is 3.70. The lowest BCUT2D eigenvalue weighted by atomic mass is 9.69. The number of carbonyl (C=O) groups is 1.